The Labute approximate surface area is 101 Å². The third-order valence-corrected chi connectivity index (χ3v) is 3.83. The van der Waals surface area contributed by atoms with Gasteiger partial charge in [0.05, 0.1) is 5.25 Å². The maximum Gasteiger partial charge on any atom is 0.316 e. The van der Waals surface area contributed by atoms with E-state index in [-0.39, 0.29) is 11.0 Å². The Morgan fingerprint density at radius 2 is 2.00 bits per heavy atom. The molecule has 92 valence electrons. The molecule has 1 fully saturated rings. The molecule has 0 amide bonds. The fourth-order valence-electron chi connectivity index (χ4n) is 1.59. The normalized spacial score (nSPS) is 22.9. The van der Waals surface area contributed by atoms with Crippen LogP contribution in [-0.4, -0.2) is 28.4 Å². The predicted molar refractivity (Wildman–Crippen MR) is 65.5 cm³/mol. The van der Waals surface area contributed by atoms with Crippen molar-refractivity contribution in [3.05, 3.63) is 0 Å². The van der Waals surface area contributed by atoms with Crippen molar-refractivity contribution in [2.45, 2.75) is 51.4 Å². The molecule has 2 unspecified atom stereocenters. The van der Waals surface area contributed by atoms with Gasteiger partial charge in [0, 0.05) is 0 Å². The molecule has 0 aromatic rings. The highest BCUT2D eigenvalue weighted by atomic mass is 32.2. The highest BCUT2D eigenvalue weighted by Crippen LogP contribution is 2.29. The van der Waals surface area contributed by atoms with Crippen molar-refractivity contribution in [3.8, 4) is 0 Å². The second-order valence-corrected chi connectivity index (χ2v) is 6.47. The van der Waals surface area contributed by atoms with Crippen molar-refractivity contribution in [2.24, 2.45) is 5.92 Å². The average Bonchev–Trinajstić information content (AvgIpc) is 2.65. The lowest BCUT2D eigenvalue weighted by molar-refractivity contribution is -0.161. The van der Waals surface area contributed by atoms with Gasteiger partial charge >= 0.3 is 5.97 Å². The zero-order chi connectivity index (χ0) is 12.3. The molecule has 0 spiro atoms. The molecule has 0 radical (unpaired) electrons. The molecule has 0 aromatic heterocycles. The van der Waals surface area contributed by atoms with Crippen molar-refractivity contribution >= 4 is 23.5 Å². The van der Waals surface area contributed by atoms with Gasteiger partial charge in [0.1, 0.15) is 11.5 Å². The summed E-state index contributed by atoms with van der Waals surface area (Å²) in [6.45, 7) is 7.08. The van der Waals surface area contributed by atoms with Crippen LogP contribution < -0.4 is 0 Å². The summed E-state index contributed by atoms with van der Waals surface area (Å²) in [5.41, 5.74) is -0.519. The summed E-state index contributed by atoms with van der Waals surface area (Å²) in [5, 5.41) is 0.00233. The zero-order valence-electron chi connectivity index (χ0n) is 10.4. The molecular formula is C12H20O3S. The zero-order valence-corrected chi connectivity index (χ0v) is 11.2. The number of esters is 1. The first-order valence-electron chi connectivity index (χ1n) is 5.69. The molecular weight excluding hydrogens is 224 g/mol. The molecule has 0 N–H and O–H groups in total. The molecule has 1 saturated heterocycles. The van der Waals surface area contributed by atoms with Crippen LogP contribution in [0.4, 0.5) is 0 Å². The Morgan fingerprint density at radius 1 is 1.38 bits per heavy atom. The molecule has 0 aromatic carbocycles. The van der Waals surface area contributed by atoms with E-state index in [2.05, 4.69) is 0 Å². The monoisotopic (exact) mass is 244 g/mol. The second kappa shape index (κ2) is 5.21. The smallest absolute Gasteiger partial charge is 0.316 e. The maximum absolute atomic E-state index is 12.0. The lowest BCUT2D eigenvalue weighted by Crippen LogP contribution is -2.34. The standard InChI is InChI=1S/C12H20O3S/c1-8(11(14)15-12(2,3)4)10(13)9-6-5-7-16-9/h8-9H,5-7H2,1-4H3. The summed E-state index contributed by atoms with van der Waals surface area (Å²) in [5.74, 6) is 0.0221. The summed E-state index contributed by atoms with van der Waals surface area (Å²) in [4.78, 5) is 23.7. The molecule has 1 aliphatic rings. The van der Waals surface area contributed by atoms with Crippen molar-refractivity contribution in [1.29, 1.82) is 0 Å². The number of Topliss-reactive ketones (excluding diaryl/α,β-unsaturated/α-hetero) is 1. The highest BCUT2D eigenvalue weighted by molar-refractivity contribution is 8.00. The molecule has 3 nitrogen and oxygen atoms in total. The molecule has 1 rings (SSSR count). The van der Waals surface area contributed by atoms with E-state index in [1.165, 1.54) is 0 Å². The molecule has 4 heteroatoms. The minimum Gasteiger partial charge on any atom is -0.459 e. The van der Waals surface area contributed by atoms with Gasteiger partial charge in [-0.3, -0.25) is 9.59 Å². The van der Waals surface area contributed by atoms with E-state index in [9.17, 15) is 9.59 Å². The van der Waals surface area contributed by atoms with Gasteiger partial charge in [0.25, 0.3) is 0 Å². The van der Waals surface area contributed by atoms with E-state index in [4.69, 9.17) is 4.74 Å². The first-order valence-corrected chi connectivity index (χ1v) is 6.74. The molecule has 1 aliphatic heterocycles. The molecule has 2 atom stereocenters. The van der Waals surface area contributed by atoms with E-state index >= 15 is 0 Å². The van der Waals surface area contributed by atoms with Gasteiger partial charge in [-0.15, -0.1) is 0 Å². The van der Waals surface area contributed by atoms with Gasteiger partial charge in [0.15, 0.2) is 5.78 Å². The largest absolute Gasteiger partial charge is 0.459 e. The predicted octanol–water partition coefficient (Wildman–Crippen LogP) is 2.43. The number of hydrogen-bond donors (Lipinski definition) is 0. The lowest BCUT2D eigenvalue weighted by atomic mass is 10.0. The van der Waals surface area contributed by atoms with Crippen molar-refractivity contribution in [3.63, 3.8) is 0 Å². The van der Waals surface area contributed by atoms with E-state index in [0.29, 0.717) is 0 Å². The van der Waals surface area contributed by atoms with E-state index in [1.807, 2.05) is 20.8 Å². The number of carbonyl (C=O) groups is 2. The maximum atomic E-state index is 12.0. The Hall–Kier alpha value is -0.510. The van der Waals surface area contributed by atoms with Crippen LogP contribution in [0.3, 0.4) is 0 Å². The lowest BCUT2D eigenvalue weighted by Gasteiger charge is -2.22. The minimum absolute atomic E-state index is 0.00233. The van der Waals surface area contributed by atoms with Gasteiger partial charge in [-0.1, -0.05) is 0 Å². The Balaban J connectivity index is 2.52. The van der Waals surface area contributed by atoms with Crippen LogP contribution in [0, 0.1) is 5.92 Å². The Morgan fingerprint density at radius 3 is 2.44 bits per heavy atom. The number of ether oxygens (including phenoxy) is 1. The average molecular weight is 244 g/mol. The molecule has 0 saturated carbocycles. The van der Waals surface area contributed by atoms with Gasteiger partial charge in [0.2, 0.25) is 0 Å². The summed E-state index contributed by atoms with van der Waals surface area (Å²) >= 11 is 1.66. The van der Waals surface area contributed by atoms with Crippen molar-refractivity contribution in [1.82, 2.24) is 0 Å². The van der Waals surface area contributed by atoms with Crippen molar-refractivity contribution < 1.29 is 14.3 Å². The van der Waals surface area contributed by atoms with Crippen molar-refractivity contribution in [2.75, 3.05) is 5.75 Å². The van der Waals surface area contributed by atoms with E-state index < -0.39 is 17.5 Å². The number of thioether (sulfide) groups is 1. The fourth-order valence-corrected chi connectivity index (χ4v) is 2.91. The van der Waals surface area contributed by atoms with Crippen LogP contribution in [0.25, 0.3) is 0 Å². The van der Waals surface area contributed by atoms with Gasteiger partial charge in [-0.25, -0.2) is 0 Å². The molecule has 16 heavy (non-hydrogen) atoms. The van der Waals surface area contributed by atoms with Gasteiger partial charge in [-0.2, -0.15) is 11.8 Å². The second-order valence-electron chi connectivity index (χ2n) is 5.16. The Kier molecular flexibility index (Phi) is 4.42. The minimum atomic E-state index is -0.630. The summed E-state index contributed by atoms with van der Waals surface area (Å²) in [6, 6.07) is 0. The SMILES string of the molecule is CC(C(=O)OC(C)(C)C)C(=O)C1CCCS1. The molecule has 0 aliphatic carbocycles. The van der Waals surface area contributed by atoms with Gasteiger partial charge in [-0.05, 0) is 46.3 Å². The summed E-state index contributed by atoms with van der Waals surface area (Å²) in [7, 11) is 0. The topological polar surface area (TPSA) is 43.4 Å². The third kappa shape index (κ3) is 3.81. The third-order valence-electron chi connectivity index (χ3n) is 2.43. The van der Waals surface area contributed by atoms with E-state index in [0.717, 1.165) is 18.6 Å². The van der Waals surface area contributed by atoms with Crippen LogP contribution in [0.15, 0.2) is 0 Å². The Bertz CT molecular complexity index is 274. The first-order chi connectivity index (χ1) is 7.31. The van der Waals surface area contributed by atoms with Crippen LogP contribution in [0.5, 0.6) is 0 Å². The molecule has 1 heterocycles. The fraction of sp³-hybridized carbons (Fsp3) is 0.833. The number of rotatable bonds is 3. The van der Waals surface area contributed by atoms with Gasteiger partial charge < -0.3 is 4.74 Å². The quantitative estimate of drug-likeness (QED) is 0.565. The van der Waals surface area contributed by atoms with Crippen LogP contribution >= 0.6 is 11.8 Å². The number of carbonyl (C=O) groups excluding carboxylic acids is 2. The first kappa shape index (κ1) is 13.6. The summed E-state index contributed by atoms with van der Waals surface area (Å²) < 4.78 is 5.21. The van der Waals surface area contributed by atoms with Crippen LogP contribution in [0.2, 0.25) is 0 Å². The van der Waals surface area contributed by atoms with E-state index in [1.54, 1.807) is 18.7 Å². The number of hydrogen-bond acceptors (Lipinski definition) is 4. The highest BCUT2D eigenvalue weighted by Gasteiger charge is 2.33. The molecule has 0 bridgehead atoms. The number of ketones is 1. The summed E-state index contributed by atoms with van der Waals surface area (Å²) in [6.07, 6.45) is 1.97. The van der Waals surface area contributed by atoms with Crippen LogP contribution in [-0.2, 0) is 14.3 Å². The van der Waals surface area contributed by atoms with Crippen LogP contribution in [0.1, 0.15) is 40.5 Å².